The molecule has 6 rings (SSSR count). The number of hydrogen-bond donors (Lipinski definition) is 6. The second kappa shape index (κ2) is 9.54. The number of benzene rings is 2. The van der Waals surface area contributed by atoms with Crippen LogP contribution in [0.15, 0.2) is 54.9 Å². The number of anilines is 1. The maximum atomic E-state index is 13.7. The van der Waals surface area contributed by atoms with Gasteiger partial charge >= 0.3 is 0 Å². The number of aliphatic hydroxyl groups is 1. The molecule has 0 bridgehead atoms. The number of rotatable bonds is 6. The Morgan fingerprint density at radius 3 is 2.77 bits per heavy atom. The van der Waals surface area contributed by atoms with E-state index in [0.717, 1.165) is 0 Å². The molecule has 12 nitrogen and oxygen atoms in total. The fourth-order valence-corrected chi connectivity index (χ4v) is 6.31. The van der Waals surface area contributed by atoms with Crippen molar-refractivity contribution >= 4 is 44.3 Å². The zero-order valence-electron chi connectivity index (χ0n) is 21.5. The first-order chi connectivity index (χ1) is 18.6. The molecule has 13 heteroatoms. The maximum absolute atomic E-state index is 13.7. The van der Waals surface area contributed by atoms with Gasteiger partial charge in [0.05, 0.1) is 23.9 Å². The molecule has 2 aromatic carbocycles. The summed E-state index contributed by atoms with van der Waals surface area (Å²) in [6, 6.07) is 10.1. The highest BCUT2D eigenvalue weighted by molar-refractivity contribution is 8.23. The van der Waals surface area contributed by atoms with Gasteiger partial charge in [-0.1, -0.05) is 36.8 Å². The lowest BCUT2D eigenvalue weighted by molar-refractivity contribution is 0.171. The largest absolute Gasteiger partial charge is 0.506 e. The first-order valence-corrected chi connectivity index (χ1v) is 14.2. The van der Waals surface area contributed by atoms with Crippen LogP contribution in [0, 0.1) is 5.92 Å². The van der Waals surface area contributed by atoms with Gasteiger partial charge < -0.3 is 25.4 Å². The van der Waals surface area contributed by atoms with Crippen LogP contribution in [0.4, 0.5) is 5.69 Å². The highest BCUT2D eigenvalue weighted by Gasteiger charge is 2.34. The van der Waals surface area contributed by atoms with E-state index in [1.54, 1.807) is 36.4 Å². The molecule has 0 aliphatic carbocycles. The van der Waals surface area contributed by atoms with Gasteiger partial charge in [0.1, 0.15) is 21.7 Å². The van der Waals surface area contributed by atoms with Crippen LogP contribution in [0.25, 0.3) is 22.0 Å². The number of aromatic hydroxyl groups is 1. The van der Waals surface area contributed by atoms with Crippen LogP contribution >= 0.6 is 10.8 Å². The third kappa shape index (κ3) is 4.51. The quantitative estimate of drug-likeness (QED) is 0.207. The van der Waals surface area contributed by atoms with Gasteiger partial charge in [0.15, 0.2) is 11.4 Å². The maximum Gasteiger partial charge on any atom is 0.284 e. The molecule has 6 N–H and O–H groups in total. The average molecular weight is 555 g/mol. The molecule has 2 aliphatic heterocycles. The van der Waals surface area contributed by atoms with Gasteiger partial charge in [0.2, 0.25) is 5.89 Å². The standard InChI is InChI=1S/C26H30N6O6S/c1-14(2)11-27-32-18-6-4-3-5-16(18)23(34)21(26(32)35)25-28-17-7-8-19-22(24(17)39(36,37)30-25)29-20(38-19)13-31-10-9-15(33)12-31/h3-8,14-15,27,33-34,36-37H,9-13H2,1-2H3,(H,28,30)/t15-/m1/s1. The summed E-state index contributed by atoms with van der Waals surface area (Å²) in [5, 5.41) is 24.4. The average Bonchev–Trinajstić information content (AvgIpc) is 3.48. The number of amidine groups is 1. The molecule has 39 heavy (non-hydrogen) atoms. The van der Waals surface area contributed by atoms with E-state index in [4.69, 9.17) is 4.42 Å². The van der Waals surface area contributed by atoms with Gasteiger partial charge in [-0.3, -0.25) is 18.8 Å². The van der Waals surface area contributed by atoms with Crippen LogP contribution in [0.5, 0.6) is 5.75 Å². The summed E-state index contributed by atoms with van der Waals surface area (Å²) in [5.74, 6) is 0.136. The summed E-state index contributed by atoms with van der Waals surface area (Å²) < 4.78 is 33.8. The summed E-state index contributed by atoms with van der Waals surface area (Å²) in [4.78, 5) is 20.2. The number of fused-ring (bicyclic) bond motifs is 4. The van der Waals surface area contributed by atoms with Crippen LogP contribution < -0.4 is 16.3 Å². The highest BCUT2D eigenvalue weighted by atomic mass is 32.3. The van der Waals surface area contributed by atoms with Crippen molar-refractivity contribution in [1.29, 1.82) is 0 Å². The molecular formula is C26H30N6O6S. The number of nitrogens with one attached hydrogen (secondary N) is 2. The van der Waals surface area contributed by atoms with Gasteiger partial charge in [-0.15, -0.1) is 4.40 Å². The topological polar surface area (TPSA) is 169 Å². The SMILES string of the molecule is CC(C)CNn1c(=O)c(C2=NS(O)(O)c3c(ccc4oc(CN5CC[C@@H](O)C5)nc34)N2)c(O)c2ccccc21. The second-order valence-electron chi connectivity index (χ2n) is 10.3. The lowest BCUT2D eigenvalue weighted by Crippen LogP contribution is -2.37. The number of nitrogens with zero attached hydrogens (tertiary/aromatic N) is 4. The van der Waals surface area contributed by atoms with Gasteiger partial charge in [-0.2, -0.15) is 0 Å². The number of β-amino-alcohol motifs (C(OH)–C–C–N with tert-alkyl or cyclic N) is 1. The van der Waals surface area contributed by atoms with E-state index in [1.807, 2.05) is 18.7 Å². The van der Waals surface area contributed by atoms with Crippen molar-refractivity contribution < 1.29 is 23.7 Å². The summed E-state index contributed by atoms with van der Waals surface area (Å²) >= 11 is 0. The van der Waals surface area contributed by atoms with Gasteiger partial charge in [-0.25, -0.2) is 9.66 Å². The Balaban J connectivity index is 1.44. The molecule has 0 amide bonds. The van der Waals surface area contributed by atoms with Crippen LogP contribution in [0.2, 0.25) is 0 Å². The van der Waals surface area contributed by atoms with Crippen molar-refractivity contribution in [3.05, 3.63) is 58.2 Å². The molecule has 2 aliphatic rings. The van der Waals surface area contributed by atoms with Gasteiger partial charge in [0.25, 0.3) is 5.56 Å². The van der Waals surface area contributed by atoms with Crippen molar-refractivity contribution in [3.8, 4) is 5.75 Å². The second-order valence-corrected chi connectivity index (χ2v) is 11.9. The van der Waals surface area contributed by atoms with Gasteiger partial charge in [-0.05, 0) is 36.6 Å². The van der Waals surface area contributed by atoms with Crippen LogP contribution in [-0.2, 0) is 6.54 Å². The Labute approximate surface area is 225 Å². The van der Waals surface area contributed by atoms with Crippen molar-refractivity contribution in [1.82, 2.24) is 14.6 Å². The Hall–Kier alpha value is -3.62. The van der Waals surface area contributed by atoms with E-state index in [1.165, 1.54) is 4.68 Å². The number of para-hydroxylation sites is 1. The zero-order chi connectivity index (χ0) is 27.5. The summed E-state index contributed by atoms with van der Waals surface area (Å²) in [7, 11) is -3.84. The molecule has 4 heterocycles. The van der Waals surface area contributed by atoms with E-state index >= 15 is 0 Å². The number of pyridine rings is 1. The molecule has 1 saturated heterocycles. The Morgan fingerprint density at radius 2 is 2.03 bits per heavy atom. The number of oxazole rings is 1. The predicted molar refractivity (Wildman–Crippen MR) is 150 cm³/mol. The number of hydrogen-bond acceptors (Lipinski definition) is 11. The molecule has 1 fully saturated rings. The van der Waals surface area contributed by atoms with E-state index in [0.29, 0.717) is 55.0 Å². The predicted octanol–water partition coefficient (Wildman–Crippen LogP) is 3.51. The summed E-state index contributed by atoms with van der Waals surface area (Å²) in [6.45, 7) is 6.10. The molecular weight excluding hydrogens is 524 g/mol. The third-order valence-corrected chi connectivity index (χ3v) is 8.26. The summed E-state index contributed by atoms with van der Waals surface area (Å²) in [6.07, 6.45) is 0.288. The fourth-order valence-electron chi connectivity index (χ4n) is 5.01. The molecule has 206 valence electrons. The summed E-state index contributed by atoms with van der Waals surface area (Å²) in [5.41, 5.74) is 3.71. The molecule has 2 aromatic heterocycles. The van der Waals surface area contributed by atoms with E-state index in [-0.39, 0.29) is 45.3 Å². The Kier molecular flexibility index (Phi) is 6.27. The molecule has 0 saturated carbocycles. The van der Waals surface area contributed by atoms with E-state index in [9.17, 15) is 24.1 Å². The molecule has 1 atom stereocenters. The van der Waals surface area contributed by atoms with E-state index in [2.05, 4.69) is 20.1 Å². The van der Waals surface area contributed by atoms with Crippen LogP contribution in [0.3, 0.4) is 0 Å². The molecule has 0 spiro atoms. The molecule has 0 radical (unpaired) electrons. The van der Waals surface area contributed by atoms with Crippen LogP contribution in [0.1, 0.15) is 31.7 Å². The molecule has 0 unspecified atom stereocenters. The van der Waals surface area contributed by atoms with Crippen molar-refractivity contribution in [3.63, 3.8) is 0 Å². The minimum atomic E-state index is -3.84. The van der Waals surface area contributed by atoms with Crippen molar-refractivity contribution in [2.24, 2.45) is 10.3 Å². The highest BCUT2D eigenvalue weighted by Crippen LogP contribution is 2.58. The molecule has 4 aromatic rings. The first kappa shape index (κ1) is 25.6. The van der Waals surface area contributed by atoms with Gasteiger partial charge in [0, 0.05) is 25.0 Å². The number of aliphatic hydroxyl groups excluding tert-OH is 1. The third-order valence-electron chi connectivity index (χ3n) is 6.86. The minimum Gasteiger partial charge on any atom is -0.506 e. The number of likely N-dealkylation sites (tertiary alicyclic amines) is 1. The van der Waals surface area contributed by atoms with Crippen LogP contribution in [-0.4, -0.2) is 65.5 Å². The minimum absolute atomic E-state index is 0.0544. The lowest BCUT2D eigenvalue weighted by atomic mass is 10.1. The smallest absolute Gasteiger partial charge is 0.284 e. The van der Waals surface area contributed by atoms with Crippen molar-refractivity contribution in [2.45, 2.75) is 37.8 Å². The number of aromatic nitrogens is 2. The van der Waals surface area contributed by atoms with Crippen molar-refractivity contribution in [2.75, 3.05) is 30.4 Å². The zero-order valence-corrected chi connectivity index (χ0v) is 22.3. The fraction of sp³-hybridized carbons (Fsp3) is 0.346. The monoisotopic (exact) mass is 554 g/mol. The lowest BCUT2D eigenvalue weighted by Gasteiger charge is -2.34. The van der Waals surface area contributed by atoms with E-state index < -0.39 is 16.3 Å². The first-order valence-electron chi connectivity index (χ1n) is 12.7. The Bertz CT molecular complexity index is 1680. The normalized spacial score (nSPS) is 19.7. The Morgan fingerprint density at radius 1 is 1.23 bits per heavy atom.